The van der Waals surface area contributed by atoms with Gasteiger partial charge in [0.1, 0.15) is 5.82 Å². The van der Waals surface area contributed by atoms with Crippen LogP contribution in [0.25, 0.3) is 0 Å². The molecule has 2 aromatic rings. The first-order valence-corrected chi connectivity index (χ1v) is 10.9. The number of hydrogen-bond acceptors (Lipinski definition) is 4. The number of nitrogens with one attached hydrogen (secondary N) is 2. The highest BCUT2D eigenvalue weighted by molar-refractivity contribution is 7.97. The van der Waals surface area contributed by atoms with Crippen molar-refractivity contribution in [3.8, 4) is 0 Å². The second kappa shape index (κ2) is 11.1. The Balaban J connectivity index is 0.000000285. The van der Waals surface area contributed by atoms with Crippen LogP contribution in [-0.4, -0.2) is 17.4 Å². The lowest BCUT2D eigenvalue weighted by Crippen LogP contribution is -2.29. The third kappa shape index (κ3) is 8.94. The van der Waals surface area contributed by atoms with Crippen LogP contribution in [0.4, 0.5) is 10.1 Å². The van der Waals surface area contributed by atoms with Gasteiger partial charge in [-0.1, -0.05) is 6.08 Å². The average Bonchev–Trinajstić information content (AvgIpc) is 3.47. The third-order valence-electron chi connectivity index (χ3n) is 4.45. The number of benzene rings is 2. The summed E-state index contributed by atoms with van der Waals surface area (Å²) in [5.74, 6) is -0.118. The maximum absolute atomic E-state index is 12.2. The highest BCUT2D eigenvalue weighted by atomic mass is 32.2. The zero-order valence-electron chi connectivity index (χ0n) is 18.2. The number of amides is 2. The standard InChI is InChI=1S/C17H24N2OS.C7H6FNO/c1-5-6-12-11-15(12)16(20)18-13-7-9-14(10-8-13)21-19-17(2,3)4;8-6-3-1-5(2-4-6)7(9)10/h5,7-10,12,15,19H,1,6,11H2,2-4H3,(H,18,20);1-4H,(H2,9,10)/t12-,15?;/m0./s1. The molecule has 2 amide bonds. The Bertz CT molecular complexity index is 893. The summed E-state index contributed by atoms with van der Waals surface area (Å²) in [6.45, 7) is 10.1. The van der Waals surface area contributed by atoms with Crippen molar-refractivity contribution < 1.29 is 14.0 Å². The van der Waals surface area contributed by atoms with Crippen molar-refractivity contribution >= 4 is 29.4 Å². The highest BCUT2D eigenvalue weighted by Crippen LogP contribution is 2.42. The van der Waals surface area contributed by atoms with Crippen LogP contribution in [0.15, 0.2) is 66.1 Å². The molecule has 1 unspecified atom stereocenters. The van der Waals surface area contributed by atoms with Crippen LogP contribution in [0.1, 0.15) is 44.0 Å². The zero-order chi connectivity index (χ0) is 23.0. The molecule has 0 heterocycles. The molecular formula is C24H30FN3O2S. The van der Waals surface area contributed by atoms with Gasteiger partial charge in [0.05, 0.1) is 0 Å². The number of carbonyl (C=O) groups is 2. The van der Waals surface area contributed by atoms with Gasteiger partial charge in [-0.05, 0) is 100 Å². The normalized spacial score (nSPS) is 17.2. The number of anilines is 1. The van der Waals surface area contributed by atoms with Gasteiger partial charge in [-0.2, -0.15) is 0 Å². The summed E-state index contributed by atoms with van der Waals surface area (Å²) in [7, 11) is 0. The van der Waals surface area contributed by atoms with E-state index in [1.165, 1.54) is 24.3 Å². The van der Waals surface area contributed by atoms with E-state index in [2.05, 4.69) is 37.4 Å². The molecule has 1 aliphatic rings. The summed E-state index contributed by atoms with van der Waals surface area (Å²) in [6.07, 6.45) is 3.82. The summed E-state index contributed by atoms with van der Waals surface area (Å²) in [4.78, 5) is 23.6. The van der Waals surface area contributed by atoms with Gasteiger partial charge >= 0.3 is 0 Å². The highest BCUT2D eigenvalue weighted by Gasteiger charge is 2.41. The molecular weight excluding hydrogens is 413 g/mol. The number of nitrogens with two attached hydrogens (primary N) is 1. The van der Waals surface area contributed by atoms with Crippen molar-refractivity contribution in [1.29, 1.82) is 0 Å². The minimum Gasteiger partial charge on any atom is -0.366 e. The van der Waals surface area contributed by atoms with Gasteiger partial charge in [0.2, 0.25) is 11.8 Å². The number of primary amides is 1. The fourth-order valence-corrected chi connectivity index (χ4v) is 3.41. The van der Waals surface area contributed by atoms with E-state index in [0.29, 0.717) is 11.5 Å². The van der Waals surface area contributed by atoms with Crippen LogP contribution in [0.5, 0.6) is 0 Å². The van der Waals surface area contributed by atoms with E-state index >= 15 is 0 Å². The van der Waals surface area contributed by atoms with E-state index in [0.717, 1.165) is 23.4 Å². The molecule has 0 bridgehead atoms. The molecule has 0 saturated heterocycles. The number of halogens is 1. The van der Waals surface area contributed by atoms with Crippen LogP contribution in [0.3, 0.4) is 0 Å². The van der Waals surface area contributed by atoms with Crippen molar-refractivity contribution in [2.24, 2.45) is 17.6 Å². The lowest BCUT2D eigenvalue weighted by molar-refractivity contribution is -0.117. The largest absolute Gasteiger partial charge is 0.366 e. The van der Waals surface area contributed by atoms with Gasteiger partial charge in [0.25, 0.3) is 0 Å². The van der Waals surface area contributed by atoms with Gasteiger partial charge in [-0.3, -0.25) is 14.3 Å². The Morgan fingerprint density at radius 3 is 2.29 bits per heavy atom. The Morgan fingerprint density at radius 2 is 1.77 bits per heavy atom. The average molecular weight is 444 g/mol. The molecule has 4 N–H and O–H groups in total. The second-order valence-corrected chi connectivity index (χ2v) is 9.35. The fraction of sp³-hybridized carbons (Fsp3) is 0.333. The van der Waals surface area contributed by atoms with Crippen molar-refractivity contribution in [2.75, 3.05) is 5.32 Å². The molecule has 7 heteroatoms. The van der Waals surface area contributed by atoms with Gasteiger partial charge in [0.15, 0.2) is 0 Å². The summed E-state index contributed by atoms with van der Waals surface area (Å²) in [5.41, 5.74) is 6.16. The first-order valence-electron chi connectivity index (χ1n) is 10.1. The molecule has 5 nitrogen and oxygen atoms in total. The van der Waals surface area contributed by atoms with Crippen molar-refractivity contribution in [3.05, 3.63) is 72.6 Å². The minimum absolute atomic E-state index is 0.0731. The van der Waals surface area contributed by atoms with Crippen LogP contribution in [-0.2, 0) is 4.79 Å². The monoisotopic (exact) mass is 443 g/mol. The van der Waals surface area contributed by atoms with Crippen molar-refractivity contribution in [1.82, 2.24) is 4.72 Å². The van der Waals surface area contributed by atoms with E-state index in [1.54, 1.807) is 11.9 Å². The van der Waals surface area contributed by atoms with E-state index in [1.807, 2.05) is 30.3 Å². The molecule has 0 spiro atoms. The first kappa shape index (κ1) is 24.6. The lowest BCUT2D eigenvalue weighted by Gasteiger charge is -2.19. The molecule has 3 rings (SSSR count). The van der Waals surface area contributed by atoms with Crippen LogP contribution >= 0.6 is 11.9 Å². The van der Waals surface area contributed by atoms with Gasteiger partial charge in [-0.25, -0.2) is 4.39 Å². The quantitative estimate of drug-likeness (QED) is 0.408. The van der Waals surface area contributed by atoms with E-state index in [4.69, 9.17) is 5.73 Å². The predicted molar refractivity (Wildman–Crippen MR) is 125 cm³/mol. The number of rotatable bonds is 7. The lowest BCUT2D eigenvalue weighted by atomic mass is 10.1. The molecule has 0 aliphatic heterocycles. The number of allylic oxidation sites excluding steroid dienone is 1. The molecule has 31 heavy (non-hydrogen) atoms. The smallest absolute Gasteiger partial charge is 0.248 e. The maximum atomic E-state index is 12.2. The van der Waals surface area contributed by atoms with Gasteiger partial charge < -0.3 is 11.1 Å². The first-order chi connectivity index (χ1) is 14.6. The molecule has 0 aromatic heterocycles. The van der Waals surface area contributed by atoms with Crippen LogP contribution < -0.4 is 15.8 Å². The molecule has 1 aliphatic carbocycles. The topological polar surface area (TPSA) is 84.2 Å². The minimum atomic E-state index is -0.542. The number of carbonyl (C=O) groups excluding carboxylic acids is 2. The molecule has 0 radical (unpaired) electrons. The Labute approximate surface area is 187 Å². The number of hydrogen-bond donors (Lipinski definition) is 3. The Kier molecular flexibility index (Phi) is 8.83. The van der Waals surface area contributed by atoms with Crippen molar-refractivity contribution in [2.45, 2.75) is 44.0 Å². The van der Waals surface area contributed by atoms with E-state index in [9.17, 15) is 14.0 Å². The molecule has 2 atom stereocenters. The summed E-state index contributed by atoms with van der Waals surface area (Å²) < 4.78 is 15.6. The molecule has 166 valence electrons. The van der Waals surface area contributed by atoms with Gasteiger partial charge in [0, 0.05) is 27.6 Å². The Hall–Kier alpha value is -2.64. The maximum Gasteiger partial charge on any atom is 0.248 e. The zero-order valence-corrected chi connectivity index (χ0v) is 19.0. The van der Waals surface area contributed by atoms with E-state index in [-0.39, 0.29) is 23.2 Å². The van der Waals surface area contributed by atoms with Crippen LogP contribution in [0.2, 0.25) is 0 Å². The van der Waals surface area contributed by atoms with Crippen LogP contribution in [0, 0.1) is 17.7 Å². The van der Waals surface area contributed by atoms with Gasteiger partial charge in [-0.15, -0.1) is 6.58 Å². The summed E-state index contributed by atoms with van der Waals surface area (Å²) >= 11 is 1.61. The van der Waals surface area contributed by atoms with Crippen molar-refractivity contribution in [3.63, 3.8) is 0 Å². The Morgan fingerprint density at radius 1 is 1.16 bits per heavy atom. The fourth-order valence-electron chi connectivity index (χ4n) is 2.71. The predicted octanol–water partition coefficient (Wildman–Crippen LogP) is 5.16. The summed E-state index contributed by atoms with van der Waals surface area (Å²) in [5, 5.41) is 2.99. The summed E-state index contributed by atoms with van der Waals surface area (Å²) in [6, 6.07) is 13.0. The molecule has 2 aromatic carbocycles. The SMILES string of the molecule is C=CC[C@H]1CC1C(=O)Nc1ccc(SNC(C)(C)C)cc1.NC(=O)c1ccc(F)cc1. The molecule has 1 fully saturated rings. The van der Waals surface area contributed by atoms with E-state index < -0.39 is 5.91 Å². The third-order valence-corrected chi connectivity index (χ3v) is 5.68. The second-order valence-electron chi connectivity index (χ2n) is 8.47. The molecule has 1 saturated carbocycles.